The van der Waals surface area contributed by atoms with Crippen LogP contribution in [0.2, 0.25) is 0 Å². The zero-order valence-corrected chi connectivity index (χ0v) is 27.4. The highest BCUT2D eigenvalue weighted by molar-refractivity contribution is 5.90. The fourth-order valence-corrected chi connectivity index (χ4v) is 6.98. The lowest BCUT2D eigenvalue weighted by atomic mass is 9.81. The first-order valence-electron chi connectivity index (χ1n) is 16.3. The summed E-state index contributed by atoms with van der Waals surface area (Å²) in [5, 5.41) is 2.55. The van der Waals surface area contributed by atoms with E-state index in [1.807, 2.05) is 13.0 Å². The fraction of sp³-hybridized carbons (Fsp3) is 0.159. The first-order valence-corrected chi connectivity index (χ1v) is 16.3. The highest BCUT2D eigenvalue weighted by Gasteiger charge is 2.35. The van der Waals surface area contributed by atoms with Gasteiger partial charge in [0.05, 0.1) is 11.0 Å². The lowest BCUT2D eigenvalue weighted by Crippen LogP contribution is -2.15. The van der Waals surface area contributed by atoms with Crippen molar-refractivity contribution in [1.29, 1.82) is 0 Å². The number of hydrogen-bond acceptors (Lipinski definition) is 1. The molecule has 0 radical (unpaired) electrons. The molecule has 1 aliphatic rings. The Labute approximate surface area is 272 Å². The van der Waals surface area contributed by atoms with Crippen LogP contribution in [0.15, 0.2) is 140 Å². The van der Waals surface area contributed by atoms with Crippen molar-refractivity contribution in [2.75, 3.05) is 0 Å². The quantitative estimate of drug-likeness (QED) is 0.185. The van der Waals surface area contributed by atoms with Crippen molar-refractivity contribution in [1.82, 2.24) is 9.55 Å². The molecule has 46 heavy (non-hydrogen) atoms. The summed E-state index contributed by atoms with van der Waals surface area (Å²) in [6.07, 6.45) is 5.34. The molecule has 0 atom stereocenters. The van der Waals surface area contributed by atoms with Gasteiger partial charge < -0.3 is 0 Å². The molecule has 0 saturated heterocycles. The van der Waals surface area contributed by atoms with Gasteiger partial charge in [0.15, 0.2) is 0 Å². The maximum Gasteiger partial charge on any atom is 0.111 e. The van der Waals surface area contributed by atoms with E-state index in [1.165, 1.54) is 55.3 Å². The molecular weight excluding hydrogens is 556 g/mol. The number of allylic oxidation sites excluding steroid dienone is 2. The summed E-state index contributed by atoms with van der Waals surface area (Å²) in [5.74, 6) is 0.999. The Morgan fingerprint density at radius 2 is 1.20 bits per heavy atom. The third-order valence-corrected chi connectivity index (χ3v) is 9.42. The molecule has 8 rings (SSSR count). The first kappa shape index (κ1) is 29.5. The Morgan fingerprint density at radius 3 is 1.85 bits per heavy atom. The van der Waals surface area contributed by atoms with Crippen LogP contribution in [-0.4, -0.2) is 9.55 Å². The number of aromatic nitrogens is 2. The Kier molecular flexibility index (Phi) is 7.66. The maximum atomic E-state index is 4.75. The summed E-state index contributed by atoms with van der Waals surface area (Å²) >= 11 is 0. The van der Waals surface area contributed by atoms with Crippen molar-refractivity contribution in [2.24, 2.45) is 0 Å². The van der Waals surface area contributed by atoms with Crippen molar-refractivity contribution in [2.45, 2.75) is 46.5 Å². The molecule has 0 N–H and O–H groups in total. The number of aryl methyl sites for hydroxylation is 1. The van der Waals surface area contributed by atoms with Gasteiger partial charge in [0.1, 0.15) is 5.82 Å². The van der Waals surface area contributed by atoms with E-state index >= 15 is 0 Å². The second-order valence-electron chi connectivity index (χ2n) is 12.7. The van der Waals surface area contributed by atoms with Gasteiger partial charge in [0, 0.05) is 11.1 Å². The maximum absolute atomic E-state index is 4.75. The zero-order chi connectivity index (χ0) is 31.8. The molecule has 0 amide bonds. The smallest absolute Gasteiger partial charge is 0.111 e. The predicted molar refractivity (Wildman–Crippen MR) is 197 cm³/mol. The number of nitrogens with zero attached hydrogens (tertiary/aromatic N) is 2. The fourth-order valence-electron chi connectivity index (χ4n) is 6.98. The van der Waals surface area contributed by atoms with Crippen LogP contribution in [-0.2, 0) is 5.41 Å². The van der Waals surface area contributed by atoms with E-state index in [0.29, 0.717) is 0 Å². The van der Waals surface area contributed by atoms with Gasteiger partial charge in [0.25, 0.3) is 0 Å². The van der Waals surface area contributed by atoms with Gasteiger partial charge in [-0.25, -0.2) is 4.98 Å². The Morgan fingerprint density at radius 1 is 0.630 bits per heavy atom. The van der Waals surface area contributed by atoms with E-state index in [1.54, 1.807) is 0 Å². The van der Waals surface area contributed by atoms with Gasteiger partial charge in [0.2, 0.25) is 0 Å². The predicted octanol–water partition coefficient (Wildman–Crippen LogP) is 12.1. The summed E-state index contributed by atoms with van der Waals surface area (Å²) in [4.78, 5) is 4.75. The van der Waals surface area contributed by atoms with E-state index in [-0.39, 0.29) is 5.41 Å². The van der Waals surface area contributed by atoms with Crippen LogP contribution in [0, 0.1) is 6.92 Å². The molecule has 2 heteroatoms. The second kappa shape index (κ2) is 11.9. The van der Waals surface area contributed by atoms with Crippen LogP contribution in [0.4, 0.5) is 0 Å². The molecule has 2 nitrogen and oxygen atoms in total. The lowest BCUT2D eigenvalue weighted by Gasteiger charge is -2.22. The van der Waals surface area contributed by atoms with E-state index in [0.717, 1.165) is 29.0 Å². The average molecular weight is 597 g/mol. The number of fused-ring (bicyclic) bond motifs is 5. The topological polar surface area (TPSA) is 17.8 Å². The highest BCUT2D eigenvalue weighted by Crippen LogP contribution is 2.50. The SMILES string of the molecule is C/C=C\CC.Cc1nc2ccccc2n1-c1ccc(-c2ccc3c(c2)C(C)(C)c2cc(-c4ccc5ccccc5c4)ccc2-3)cc1. The molecule has 1 aliphatic carbocycles. The lowest BCUT2D eigenvalue weighted by molar-refractivity contribution is 0.661. The van der Waals surface area contributed by atoms with Crippen molar-refractivity contribution < 1.29 is 0 Å². The third-order valence-electron chi connectivity index (χ3n) is 9.42. The van der Waals surface area contributed by atoms with Crippen LogP contribution in [0.5, 0.6) is 0 Å². The molecule has 0 fully saturated rings. The van der Waals surface area contributed by atoms with E-state index < -0.39 is 0 Å². The molecule has 226 valence electrons. The standard InChI is InChI=1S/C39H30N2.C5H10/c1-25-40-37-10-6-7-11-38(37)41(25)32-18-14-27(15-19-32)30-16-20-33-34-21-17-31(24-36(34)39(2,3)35(33)23-30)29-13-12-26-8-4-5-9-28(26)22-29;1-3-5-4-2/h4-24H,1-3H3;3,5H,4H2,1-2H3/b;5-3-. The average Bonchev–Trinajstić information content (AvgIpc) is 3.54. The van der Waals surface area contributed by atoms with Crippen molar-refractivity contribution in [3.05, 3.63) is 156 Å². The number of para-hydroxylation sites is 2. The minimum atomic E-state index is -0.0830. The highest BCUT2D eigenvalue weighted by atomic mass is 15.1. The third kappa shape index (κ3) is 5.14. The molecule has 1 aromatic heterocycles. The minimum absolute atomic E-state index is 0.0830. The van der Waals surface area contributed by atoms with Crippen molar-refractivity contribution >= 4 is 21.8 Å². The van der Waals surface area contributed by atoms with Crippen LogP contribution in [0.1, 0.15) is 51.1 Å². The van der Waals surface area contributed by atoms with Crippen molar-refractivity contribution in [3.63, 3.8) is 0 Å². The van der Waals surface area contributed by atoms with Gasteiger partial charge in [-0.2, -0.15) is 0 Å². The Balaban J connectivity index is 0.000000630. The normalized spacial score (nSPS) is 13.1. The molecule has 0 unspecified atom stereocenters. The summed E-state index contributed by atoms with van der Waals surface area (Å²) in [6, 6.07) is 46.6. The summed E-state index contributed by atoms with van der Waals surface area (Å²) < 4.78 is 2.23. The summed E-state index contributed by atoms with van der Waals surface area (Å²) in [6.45, 7) is 11.0. The van der Waals surface area contributed by atoms with E-state index in [4.69, 9.17) is 4.98 Å². The van der Waals surface area contributed by atoms with Gasteiger partial charge in [-0.05, 0) is 118 Å². The summed E-state index contributed by atoms with van der Waals surface area (Å²) in [7, 11) is 0. The monoisotopic (exact) mass is 596 g/mol. The molecule has 6 aromatic carbocycles. The minimum Gasteiger partial charge on any atom is -0.297 e. The van der Waals surface area contributed by atoms with Crippen LogP contribution in [0.25, 0.3) is 60.9 Å². The Bertz CT molecular complexity index is 2230. The number of hydrogen-bond donors (Lipinski definition) is 0. The van der Waals surface area contributed by atoms with Gasteiger partial charge in [-0.15, -0.1) is 0 Å². The van der Waals surface area contributed by atoms with E-state index in [9.17, 15) is 0 Å². The molecular formula is C44H40N2. The largest absolute Gasteiger partial charge is 0.297 e. The van der Waals surface area contributed by atoms with Gasteiger partial charge in [-0.1, -0.05) is 118 Å². The number of imidazole rings is 1. The van der Waals surface area contributed by atoms with Gasteiger partial charge >= 0.3 is 0 Å². The molecule has 1 heterocycles. The molecule has 0 bridgehead atoms. The molecule has 0 spiro atoms. The van der Waals surface area contributed by atoms with E-state index in [2.05, 4.69) is 166 Å². The van der Waals surface area contributed by atoms with Gasteiger partial charge in [-0.3, -0.25) is 4.57 Å². The summed E-state index contributed by atoms with van der Waals surface area (Å²) in [5.41, 5.74) is 13.7. The van der Waals surface area contributed by atoms with Crippen LogP contribution < -0.4 is 0 Å². The first-order chi connectivity index (χ1) is 22.4. The molecule has 0 aliphatic heterocycles. The molecule has 7 aromatic rings. The Hall–Kier alpha value is -5.21. The zero-order valence-electron chi connectivity index (χ0n) is 27.4. The number of rotatable bonds is 4. The van der Waals surface area contributed by atoms with Crippen molar-refractivity contribution in [3.8, 4) is 39.1 Å². The number of benzene rings is 6. The molecule has 0 saturated carbocycles. The second-order valence-corrected chi connectivity index (χ2v) is 12.7. The van der Waals surface area contributed by atoms with Crippen LogP contribution >= 0.6 is 0 Å². The van der Waals surface area contributed by atoms with Crippen LogP contribution in [0.3, 0.4) is 0 Å².